The molecule has 28 heavy (non-hydrogen) atoms. The van der Waals surface area contributed by atoms with Gasteiger partial charge in [0.2, 0.25) is 0 Å². The number of aliphatic imine (C=N–C) groups is 1. The van der Waals surface area contributed by atoms with Crippen molar-refractivity contribution in [3.8, 4) is 0 Å². The summed E-state index contributed by atoms with van der Waals surface area (Å²) in [5.41, 5.74) is 0.626. The van der Waals surface area contributed by atoms with Crippen molar-refractivity contribution in [1.29, 1.82) is 0 Å². The zero-order chi connectivity index (χ0) is 19.3. The monoisotopic (exact) mass is 432 g/mol. The average Bonchev–Trinajstić information content (AvgIpc) is 3.31. The number of hydrogen-bond acceptors (Lipinski definition) is 7. The summed E-state index contributed by atoms with van der Waals surface area (Å²) in [7, 11) is 0. The fraction of sp³-hybridized carbons (Fsp3) is 0.167. The zero-order valence-electron chi connectivity index (χ0n) is 14.6. The summed E-state index contributed by atoms with van der Waals surface area (Å²) in [5, 5.41) is 15.2. The van der Waals surface area contributed by atoms with E-state index < -0.39 is 0 Å². The SMILES string of the molecule is O=C(Nc1cccc(Cl)c1)Nc1ncc(CCNC2=C3SC=CC3N=CN2)s1. The number of thiazole rings is 1. The molecule has 0 saturated heterocycles. The van der Waals surface area contributed by atoms with E-state index in [1.165, 1.54) is 16.2 Å². The molecule has 1 aromatic heterocycles. The van der Waals surface area contributed by atoms with Crippen molar-refractivity contribution in [2.75, 3.05) is 17.2 Å². The predicted molar refractivity (Wildman–Crippen MR) is 117 cm³/mol. The largest absolute Gasteiger partial charge is 0.370 e. The quantitative estimate of drug-likeness (QED) is 0.553. The molecule has 7 nitrogen and oxygen atoms in total. The van der Waals surface area contributed by atoms with Crippen LogP contribution >= 0.6 is 34.7 Å². The molecular weight excluding hydrogens is 416 g/mol. The minimum Gasteiger partial charge on any atom is -0.370 e. The van der Waals surface area contributed by atoms with Crippen molar-refractivity contribution in [3.63, 3.8) is 0 Å². The van der Waals surface area contributed by atoms with Crippen molar-refractivity contribution in [2.45, 2.75) is 12.5 Å². The first kappa shape index (κ1) is 18.9. The van der Waals surface area contributed by atoms with E-state index in [-0.39, 0.29) is 12.1 Å². The van der Waals surface area contributed by atoms with Crippen LogP contribution in [0.15, 0.2) is 57.7 Å². The second kappa shape index (κ2) is 8.68. The molecule has 3 heterocycles. The predicted octanol–water partition coefficient (Wildman–Crippen LogP) is 4.00. The van der Waals surface area contributed by atoms with Gasteiger partial charge in [0, 0.05) is 34.7 Å². The number of rotatable bonds is 6. The number of nitrogens with zero attached hydrogens (tertiary/aromatic N) is 2. The van der Waals surface area contributed by atoms with Gasteiger partial charge in [-0.15, -0.1) is 11.3 Å². The van der Waals surface area contributed by atoms with Gasteiger partial charge in [-0.3, -0.25) is 10.3 Å². The Bertz CT molecular complexity index is 970. The number of urea groups is 1. The molecule has 0 spiro atoms. The number of halogens is 1. The molecule has 144 valence electrons. The topological polar surface area (TPSA) is 90.4 Å². The molecule has 0 radical (unpaired) electrons. The van der Waals surface area contributed by atoms with Crippen molar-refractivity contribution in [1.82, 2.24) is 15.6 Å². The molecule has 2 aliphatic heterocycles. The van der Waals surface area contributed by atoms with Gasteiger partial charge in [-0.25, -0.2) is 9.78 Å². The van der Waals surface area contributed by atoms with Crippen molar-refractivity contribution < 1.29 is 4.79 Å². The molecule has 2 amide bonds. The third-order valence-electron chi connectivity index (χ3n) is 3.94. The number of thioether (sulfide) groups is 1. The number of carbonyl (C=O) groups is 1. The second-order valence-electron chi connectivity index (χ2n) is 5.95. The highest BCUT2D eigenvalue weighted by Crippen LogP contribution is 2.33. The van der Waals surface area contributed by atoms with Crippen LogP contribution in [0.1, 0.15) is 4.88 Å². The van der Waals surface area contributed by atoms with E-state index in [1.807, 2.05) is 0 Å². The van der Waals surface area contributed by atoms with Gasteiger partial charge in [-0.2, -0.15) is 0 Å². The summed E-state index contributed by atoms with van der Waals surface area (Å²) in [6.45, 7) is 0.753. The maximum atomic E-state index is 12.1. The van der Waals surface area contributed by atoms with Crippen LogP contribution in [0.5, 0.6) is 0 Å². The number of nitrogens with one attached hydrogen (secondary N) is 4. The summed E-state index contributed by atoms with van der Waals surface area (Å²) in [6.07, 6.45) is 6.38. The van der Waals surface area contributed by atoms with Gasteiger partial charge in [0.15, 0.2) is 5.13 Å². The van der Waals surface area contributed by atoms with Crippen LogP contribution < -0.4 is 21.3 Å². The van der Waals surface area contributed by atoms with Gasteiger partial charge < -0.3 is 16.0 Å². The Morgan fingerprint density at radius 1 is 1.32 bits per heavy atom. The third kappa shape index (κ3) is 4.67. The van der Waals surface area contributed by atoms with E-state index in [2.05, 4.69) is 42.7 Å². The van der Waals surface area contributed by atoms with Crippen molar-refractivity contribution in [2.24, 2.45) is 4.99 Å². The van der Waals surface area contributed by atoms with Crippen LogP contribution in [0.25, 0.3) is 0 Å². The van der Waals surface area contributed by atoms with Crippen LogP contribution in [0.3, 0.4) is 0 Å². The smallest absolute Gasteiger partial charge is 0.325 e. The number of fused-ring (bicyclic) bond motifs is 1. The molecule has 2 aromatic rings. The Morgan fingerprint density at radius 3 is 3.14 bits per heavy atom. The zero-order valence-corrected chi connectivity index (χ0v) is 17.0. The van der Waals surface area contributed by atoms with E-state index in [0.717, 1.165) is 23.7 Å². The molecule has 1 atom stereocenters. The summed E-state index contributed by atoms with van der Waals surface area (Å²) in [5.74, 6) is 0.999. The summed E-state index contributed by atoms with van der Waals surface area (Å²) in [6, 6.07) is 6.76. The molecule has 0 aliphatic carbocycles. The van der Waals surface area contributed by atoms with Gasteiger partial charge in [0.25, 0.3) is 0 Å². The summed E-state index contributed by atoms with van der Waals surface area (Å²) < 4.78 is 0. The highest BCUT2D eigenvalue weighted by atomic mass is 35.5. The maximum Gasteiger partial charge on any atom is 0.325 e. The molecule has 0 bridgehead atoms. The Balaban J connectivity index is 1.26. The first-order chi connectivity index (χ1) is 13.7. The lowest BCUT2D eigenvalue weighted by atomic mass is 10.2. The van der Waals surface area contributed by atoms with Crippen LogP contribution in [0.2, 0.25) is 5.02 Å². The Hall–Kier alpha value is -2.49. The van der Waals surface area contributed by atoms with Crippen LogP contribution in [0, 0.1) is 0 Å². The Morgan fingerprint density at radius 2 is 2.25 bits per heavy atom. The van der Waals surface area contributed by atoms with Crippen molar-refractivity contribution >= 4 is 57.9 Å². The minimum atomic E-state index is -0.351. The van der Waals surface area contributed by atoms with E-state index in [1.54, 1.807) is 48.6 Å². The fourth-order valence-electron chi connectivity index (χ4n) is 2.68. The van der Waals surface area contributed by atoms with Gasteiger partial charge >= 0.3 is 6.03 Å². The summed E-state index contributed by atoms with van der Waals surface area (Å²) >= 11 is 9.05. The lowest BCUT2D eigenvalue weighted by Crippen LogP contribution is -2.32. The Kier molecular flexibility index (Phi) is 5.84. The van der Waals surface area contributed by atoms with Gasteiger partial charge in [0.05, 0.1) is 11.2 Å². The normalized spacial score (nSPS) is 17.2. The molecule has 1 aromatic carbocycles. The fourth-order valence-corrected chi connectivity index (χ4v) is 4.58. The maximum absolute atomic E-state index is 12.1. The highest BCUT2D eigenvalue weighted by molar-refractivity contribution is 8.06. The number of amides is 2. The molecule has 0 saturated carbocycles. The van der Waals surface area contributed by atoms with Gasteiger partial charge in [0.1, 0.15) is 11.9 Å². The standard InChI is InChI=1S/C18H17ClN6OS2/c19-11-2-1-3-12(8-11)24-17(26)25-18-21-9-13(28-18)4-6-20-16-15-14(5-7-27-15)22-10-23-16/h1-3,5,7-10,14,20H,4,6H2,(H,22,23)(H2,21,24,25,26). The number of carbonyl (C=O) groups excluding carboxylic acids is 1. The third-order valence-corrected chi connectivity index (χ3v) is 6.15. The van der Waals surface area contributed by atoms with Crippen molar-refractivity contribution in [3.05, 3.63) is 62.6 Å². The van der Waals surface area contributed by atoms with Gasteiger partial charge in [-0.1, -0.05) is 29.4 Å². The lowest BCUT2D eigenvalue weighted by molar-refractivity contribution is 0.262. The van der Waals surface area contributed by atoms with E-state index >= 15 is 0 Å². The molecule has 2 aliphatic rings. The average molecular weight is 433 g/mol. The van der Waals surface area contributed by atoms with E-state index in [0.29, 0.717) is 15.8 Å². The number of aromatic nitrogens is 1. The lowest BCUT2D eigenvalue weighted by Gasteiger charge is -2.19. The van der Waals surface area contributed by atoms with Gasteiger partial charge in [-0.05, 0) is 29.7 Å². The van der Waals surface area contributed by atoms with E-state index in [9.17, 15) is 4.79 Å². The van der Waals surface area contributed by atoms with Crippen LogP contribution in [-0.4, -0.2) is 29.9 Å². The van der Waals surface area contributed by atoms with Crippen LogP contribution in [-0.2, 0) is 6.42 Å². The second-order valence-corrected chi connectivity index (χ2v) is 8.45. The first-order valence-electron chi connectivity index (χ1n) is 8.55. The van der Waals surface area contributed by atoms with E-state index in [4.69, 9.17) is 11.6 Å². The highest BCUT2D eigenvalue weighted by Gasteiger charge is 2.22. The molecule has 0 fully saturated rings. The van der Waals surface area contributed by atoms with Crippen LogP contribution in [0.4, 0.5) is 15.6 Å². The Labute approximate surface area is 175 Å². The molecule has 4 N–H and O–H groups in total. The molecule has 4 rings (SSSR count). The molecule has 1 unspecified atom stereocenters. The first-order valence-corrected chi connectivity index (χ1v) is 10.6. The molecular formula is C18H17ClN6OS2. The molecule has 10 heteroatoms. The number of anilines is 2. The number of hydrogen-bond donors (Lipinski definition) is 4. The number of benzene rings is 1. The summed E-state index contributed by atoms with van der Waals surface area (Å²) in [4.78, 5) is 23.0. The minimum absolute atomic E-state index is 0.131.